The first kappa shape index (κ1) is 11.4. The van der Waals surface area contributed by atoms with E-state index in [2.05, 4.69) is 19.1 Å². The van der Waals surface area contributed by atoms with Crippen molar-refractivity contribution in [2.24, 2.45) is 0 Å². The highest BCUT2D eigenvalue weighted by Gasteiger charge is 2.16. The van der Waals surface area contributed by atoms with E-state index in [-0.39, 0.29) is 0 Å². The fourth-order valence-electron chi connectivity index (χ4n) is 2.31. The van der Waals surface area contributed by atoms with Crippen LogP contribution in [0.3, 0.4) is 0 Å². The first-order valence-corrected chi connectivity index (χ1v) is 7.35. The van der Waals surface area contributed by atoms with Gasteiger partial charge >= 0.3 is 7.65 Å². The van der Waals surface area contributed by atoms with Crippen LogP contribution in [0, 0.1) is 0 Å². The molecule has 0 bridgehead atoms. The molecular weight excluding hydrogens is 243 g/mol. The first-order valence-electron chi connectivity index (χ1n) is 6.17. The van der Waals surface area contributed by atoms with E-state index in [0.29, 0.717) is 5.58 Å². The minimum absolute atomic E-state index is 0.717. The average molecular weight is 257 g/mol. The molecule has 0 N–H and O–H groups in total. The van der Waals surface area contributed by atoms with Crippen LogP contribution in [0.1, 0.15) is 18.9 Å². The number of aryl methyl sites for hydroxylation is 1. The van der Waals surface area contributed by atoms with Gasteiger partial charge in [0.2, 0.25) is 5.12 Å². The Morgan fingerprint density at radius 1 is 1.11 bits per heavy atom. The largest absolute Gasteiger partial charge is 0.597 e. The second-order valence-corrected chi connectivity index (χ2v) is 5.62. The lowest BCUT2D eigenvalue weighted by molar-refractivity contribution is 0.563. The van der Waals surface area contributed by atoms with Crippen LogP contribution in [-0.4, -0.2) is 0 Å². The van der Waals surface area contributed by atoms with Gasteiger partial charge in [-0.2, -0.15) is 0 Å². The predicted octanol–water partition coefficient (Wildman–Crippen LogP) is 5.28. The maximum absolute atomic E-state index is 12.1. The van der Waals surface area contributed by atoms with E-state index < -0.39 is 7.65 Å². The van der Waals surface area contributed by atoms with E-state index >= 15 is 0 Å². The Balaban J connectivity index is 2.40. The number of rotatable bonds is 2. The number of hydrogen-bond acceptors (Lipinski definition) is 2. The van der Waals surface area contributed by atoms with Crippen molar-refractivity contribution >= 4 is 29.1 Å². The van der Waals surface area contributed by atoms with Crippen LogP contribution >= 0.6 is 7.65 Å². The zero-order valence-corrected chi connectivity index (χ0v) is 11.1. The highest BCUT2D eigenvalue weighted by Crippen LogP contribution is 2.35. The molecule has 0 saturated carbocycles. The highest BCUT2D eigenvalue weighted by molar-refractivity contribution is 7.37. The van der Waals surface area contributed by atoms with E-state index in [1.165, 1.54) is 5.56 Å². The van der Waals surface area contributed by atoms with Crippen molar-refractivity contribution in [3.63, 3.8) is 0 Å². The summed E-state index contributed by atoms with van der Waals surface area (Å²) in [5.74, 6) is 0. The predicted molar refractivity (Wildman–Crippen MR) is 75.3 cm³/mol. The van der Waals surface area contributed by atoms with Crippen LogP contribution in [0.25, 0.3) is 21.5 Å². The Morgan fingerprint density at radius 2 is 1.94 bits per heavy atom. The van der Waals surface area contributed by atoms with Gasteiger partial charge in [-0.3, -0.25) is 0 Å². The summed E-state index contributed by atoms with van der Waals surface area (Å²) >= 11 is 0. The molecule has 3 heteroatoms. The molecule has 0 saturated heterocycles. The van der Waals surface area contributed by atoms with Crippen LogP contribution in [0.2, 0.25) is 0 Å². The van der Waals surface area contributed by atoms with Crippen LogP contribution < -0.4 is 0 Å². The lowest BCUT2D eigenvalue weighted by Crippen LogP contribution is -1.83. The summed E-state index contributed by atoms with van der Waals surface area (Å²) in [4.78, 5) is 0. The molecule has 1 atom stereocenters. The average Bonchev–Trinajstić information content (AvgIpc) is 2.40. The summed E-state index contributed by atoms with van der Waals surface area (Å²) in [6.07, 6.45) is 2.10. The zero-order valence-electron chi connectivity index (χ0n) is 10.2. The summed E-state index contributed by atoms with van der Waals surface area (Å²) in [6, 6.07) is 14.0. The van der Waals surface area contributed by atoms with Gasteiger partial charge in [0.05, 0.1) is 0 Å². The summed E-state index contributed by atoms with van der Waals surface area (Å²) in [5.41, 5.74) is 1.94. The van der Waals surface area contributed by atoms with Gasteiger partial charge in [-0.25, -0.2) is 4.20 Å². The molecule has 0 fully saturated rings. The van der Waals surface area contributed by atoms with Gasteiger partial charge < -0.3 is 0 Å². The smallest absolute Gasteiger partial charge is 0.250 e. The third-order valence-corrected chi connectivity index (χ3v) is 4.28. The molecule has 1 heterocycles. The van der Waals surface area contributed by atoms with Crippen LogP contribution in [-0.2, 0) is 11.0 Å². The maximum Gasteiger partial charge on any atom is 0.597 e. The summed E-state index contributed by atoms with van der Waals surface area (Å²) in [7, 11) is -1.77. The second-order valence-electron chi connectivity index (χ2n) is 4.45. The van der Waals surface area contributed by atoms with E-state index in [1.807, 2.05) is 30.3 Å². The second kappa shape index (κ2) is 4.55. The van der Waals surface area contributed by atoms with Crippen molar-refractivity contribution < 1.29 is 8.76 Å². The molecule has 0 spiro atoms. The third kappa shape index (κ3) is 1.83. The van der Waals surface area contributed by atoms with Gasteiger partial charge in [0.15, 0.2) is 5.58 Å². The van der Waals surface area contributed by atoms with Crippen LogP contribution in [0.15, 0.2) is 46.7 Å². The van der Waals surface area contributed by atoms with Crippen molar-refractivity contribution in [1.29, 1.82) is 0 Å². The molecule has 1 aromatic heterocycles. The molecule has 0 aliphatic rings. The van der Waals surface area contributed by atoms with Gasteiger partial charge in [-0.15, -0.1) is 0 Å². The Bertz CT molecular complexity index is 774. The monoisotopic (exact) mass is 257 g/mol. The molecule has 3 aromatic rings. The molecule has 18 heavy (non-hydrogen) atoms. The lowest BCUT2D eigenvalue weighted by atomic mass is 10.1. The Kier molecular flexibility index (Phi) is 2.89. The summed E-state index contributed by atoms with van der Waals surface area (Å²) in [6.45, 7) is 2.14. The van der Waals surface area contributed by atoms with Crippen LogP contribution in [0.4, 0.5) is 0 Å². The van der Waals surface area contributed by atoms with Gasteiger partial charge in [0, 0.05) is 10.8 Å². The third-order valence-electron chi connectivity index (χ3n) is 3.16. The molecule has 0 amide bonds. The quantitative estimate of drug-likeness (QED) is 0.584. The van der Waals surface area contributed by atoms with Gasteiger partial charge in [0.1, 0.15) is 0 Å². The Morgan fingerprint density at radius 3 is 2.78 bits per heavy atom. The molecule has 0 aliphatic carbocycles. The van der Waals surface area contributed by atoms with Crippen molar-refractivity contribution in [1.82, 2.24) is 0 Å². The van der Waals surface area contributed by atoms with Crippen molar-refractivity contribution in [2.75, 3.05) is 0 Å². The molecule has 2 aromatic carbocycles. The number of benzene rings is 2. The maximum atomic E-state index is 12.1. The molecular formula is C15H14O2P+. The Labute approximate surface area is 106 Å². The fraction of sp³-hybridized carbons (Fsp3) is 0.200. The van der Waals surface area contributed by atoms with Crippen molar-refractivity contribution in [3.8, 4) is 0 Å². The molecule has 3 rings (SSSR count). The fourth-order valence-corrected chi connectivity index (χ4v) is 3.41. The standard InChI is InChI=1S/C15H14O2P/c1-2-5-11-8-9-13-12-6-3-4-7-14(12)17-18(16)15(13)10-11/h3-4,6-10H,2,5H2,1H3/q+1. The van der Waals surface area contributed by atoms with Crippen molar-refractivity contribution in [3.05, 3.63) is 48.0 Å². The first-order chi connectivity index (χ1) is 8.79. The normalized spacial score (nSPS) is 12.2. The van der Waals surface area contributed by atoms with E-state index in [1.54, 1.807) is 0 Å². The lowest BCUT2D eigenvalue weighted by Gasteiger charge is -1.99. The minimum atomic E-state index is -1.77. The highest BCUT2D eigenvalue weighted by atomic mass is 31.1. The number of fused-ring (bicyclic) bond motifs is 3. The topological polar surface area (TPSA) is 30.2 Å². The Hall–Kier alpha value is -1.66. The zero-order chi connectivity index (χ0) is 12.5. The number of hydrogen-bond donors (Lipinski definition) is 0. The summed E-state index contributed by atoms with van der Waals surface area (Å²) in [5, 5.41) is 2.90. The SMILES string of the molecule is CCCc1ccc2c3ccccc3o[p+](=O)c2c1. The van der Waals surface area contributed by atoms with Crippen LogP contribution in [0.5, 0.6) is 0 Å². The minimum Gasteiger partial charge on any atom is -0.250 e. The van der Waals surface area contributed by atoms with E-state index in [4.69, 9.17) is 4.20 Å². The summed E-state index contributed by atoms with van der Waals surface area (Å²) < 4.78 is 17.6. The van der Waals surface area contributed by atoms with Crippen molar-refractivity contribution in [2.45, 2.75) is 19.8 Å². The molecule has 1 unspecified atom stereocenters. The van der Waals surface area contributed by atoms with E-state index in [9.17, 15) is 4.57 Å². The molecule has 2 nitrogen and oxygen atoms in total. The molecule has 0 aliphatic heterocycles. The molecule has 0 radical (unpaired) electrons. The number of para-hydroxylation sites is 1. The van der Waals surface area contributed by atoms with Gasteiger partial charge in [-0.1, -0.05) is 37.6 Å². The van der Waals surface area contributed by atoms with Gasteiger partial charge in [0.25, 0.3) is 0 Å². The molecule has 90 valence electrons. The van der Waals surface area contributed by atoms with Gasteiger partial charge in [-0.05, 0) is 34.7 Å². The van der Waals surface area contributed by atoms with E-state index in [0.717, 1.165) is 28.7 Å².